The van der Waals surface area contributed by atoms with Crippen LogP contribution in [0.2, 0.25) is 5.02 Å². The van der Waals surface area contributed by atoms with Gasteiger partial charge in [0.05, 0.1) is 0 Å². The highest BCUT2D eigenvalue weighted by atomic mass is 79.9. The third-order valence-corrected chi connectivity index (χ3v) is 4.05. The number of aromatic nitrogens is 2. The topological polar surface area (TPSA) is 68.0 Å². The van der Waals surface area contributed by atoms with Gasteiger partial charge in [-0.1, -0.05) is 32.7 Å². The Balaban J connectivity index is 1.56. The number of benzene rings is 2. The number of aryl methyl sites for hydroxylation is 1. The molecule has 0 radical (unpaired) electrons. The van der Waals surface area contributed by atoms with Crippen LogP contribution in [0.15, 0.2) is 57.5 Å². The fraction of sp³-hybridized carbons (Fsp3) is 0.118. The summed E-state index contributed by atoms with van der Waals surface area (Å²) >= 11 is 9.19. The Morgan fingerprint density at radius 1 is 1.12 bits per heavy atom. The van der Waals surface area contributed by atoms with E-state index in [1.54, 1.807) is 24.3 Å². The second-order valence-corrected chi connectivity index (χ2v) is 6.43. The molecule has 0 saturated carbocycles. The molecule has 0 fully saturated rings. The lowest BCUT2D eigenvalue weighted by molar-refractivity contribution is -0.116. The number of hydrogen-bond donors (Lipinski definition) is 1. The number of nitrogens with one attached hydrogen (secondary N) is 1. The Morgan fingerprint density at radius 3 is 2.54 bits per heavy atom. The monoisotopic (exact) mass is 405 g/mol. The van der Waals surface area contributed by atoms with Gasteiger partial charge in [-0.15, -0.1) is 0 Å². The maximum atomic E-state index is 11.9. The number of carbonyl (C=O) groups is 1. The molecule has 0 unspecified atom stereocenters. The van der Waals surface area contributed by atoms with Gasteiger partial charge in [-0.05, 0) is 48.5 Å². The zero-order valence-electron chi connectivity index (χ0n) is 12.5. The van der Waals surface area contributed by atoms with Crippen molar-refractivity contribution in [2.24, 2.45) is 0 Å². The second-order valence-electron chi connectivity index (χ2n) is 5.07. The van der Waals surface area contributed by atoms with E-state index in [-0.39, 0.29) is 12.3 Å². The zero-order valence-corrected chi connectivity index (χ0v) is 14.8. The number of hydrogen-bond acceptors (Lipinski definition) is 4. The Morgan fingerprint density at radius 2 is 1.83 bits per heavy atom. The average Bonchev–Trinajstić information content (AvgIpc) is 3.05. The first-order valence-electron chi connectivity index (χ1n) is 7.24. The maximum absolute atomic E-state index is 11.9. The summed E-state index contributed by atoms with van der Waals surface area (Å²) in [5, 5.41) is 7.36. The maximum Gasteiger partial charge on any atom is 0.227 e. The summed E-state index contributed by atoms with van der Waals surface area (Å²) in [4.78, 5) is 16.3. The Bertz CT molecular complexity index is 832. The summed E-state index contributed by atoms with van der Waals surface area (Å²) < 4.78 is 6.18. The van der Waals surface area contributed by atoms with E-state index in [0.717, 1.165) is 10.0 Å². The van der Waals surface area contributed by atoms with Crippen LogP contribution >= 0.6 is 27.5 Å². The number of nitrogens with zero attached hydrogens (tertiary/aromatic N) is 2. The van der Waals surface area contributed by atoms with E-state index in [1.165, 1.54) is 0 Å². The van der Waals surface area contributed by atoms with Crippen LogP contribution in [-0.4, -0.2) is 16.0 Å². The number of anilines is 1. The van der Waals surface area contributed by atoms with Crippen molar-refractivity contribution < 1.29 is 9.32 Å². The first-order valence-corrected chi connectivity index (χ1v) is 8.41. The smallest absolute Gasteiger partial charge is 0.227 e. The van der Waals surface area contributed by atoms with Crippen LogP contribution in [0.4, 0.5) is 5.69 Å². The minimum Gasteiger partial charge on any atom is -0.339 e. The molecule has 122 valence electrons. The second kappa shape index (κ2) is 7.59. The molecule has 3 rings (SSSR count). The minimum absolute atomic E-state index is 0.124. The van der Waals surface area contributed by atoms with E-state index in [0.29, 0.717) is 28.8 Å². The molecule has 1 N–H and O–H groups in total. The van der Waals surface area contributed by atoms with Crippen LogP contribution in [0.5, 0.6) is 0 Å². The summed E-state index contributed by atoms with van der Waals surface area (Å²) in [6.07, 6.45) is 0.632. The van der Waals surface area contributed by atoms with Crippen molar-refractivity contribution in [1.29, 1.82) is 0 Å². The van der Waals surface area contributed by atoms with E-state index in [1.807, 2.05) is 24.3 Å². The molecule has 1 amide bonds. The quantitative estimate of drug-likeness (QED) is 0.665. The summed E-state index contributed by atoms with van der Waals surface area (Å²) in [6, 6.07) is 14.5. The van der Waals surface area contributed by atoms with Crippen LogP contribution in [-0.2, 0) is 11.2 Å². The first kappa shape index (κ1) is 16.7. The van der Waals surface area contributed by atoms with Gasteiger partial charge in [0, 0.05) is 33.6 Å². The molecular formula is C17H13BrClN3O2. The summed E-state index contributed by atoms with van der Waals surface area (Å²) in [7, 11) is 0. The number of carbonyl (C=O) groups excluding carboxylic acids is 1. The third-order valence-electron chi connectivity index (χ3n) is 3.26. The lowest BCUT2D eigenvalue weighted by Crippen LogP contribution is -2.12. The van der Waals surface area contributed by atoms with Gasteiger partial charge in [0.15, 0.2) is 0 Å². The minimum atomic E-state index is -0.124. The predicted molar refractivity (Wildman–Crippen MR) is 95.8 cm³/mol. The molecule has 3 aromatic rings. The molecule has 0 saturated heterocycles. The fourth-order valence-corrected chi connectivity index (χ4v) is 2.44. The van der Waals surface area contributed by atoms with Crippen LogP contribution < -0.4 is 5.32 Å². The molecule has 0 aliphatic rings. The number of halogens is 2. The van der Waals surface area contributed by atoms with Crippen LogP contribution in [0.25, 0.3) is 11.4 Å². The molecule has 0 spiro atoms. The van der Waals surface area contributed by atoms with Crippen molar-refractivity contribution in [3.8, 4) is 11.4 Å². The summed E-state index contributed by atoms with van der Waals surface area (Å²) in [5.74, 6) is 0.815. The van der Waals surface area contributed by atoms with Crippen molar-refractivity contribution in [1.82, 2.24) is 10.1 Å². The van der Waals surface area contributed by atoms with Crippen LogP contribution in [0.1, 0.15) is 12.3 Å². The molecule has 1 heterocycles. The fourth-order valence-electron chi connectivity index (χ4n) is 2.05. The Labute approximate surface area is 152 Å². The molecule has 2 aromatic carbocycles. The van der Waals surface area contributed by atoms with E-state index in [4.69, 9.17) is 16.1 Å². The number of rotatable bonds is 5. The predicted octanol–water partition coefficient (Wildman–Crippen LogP) is 4.72. The van der Waals surface area contributed by atoms with Crippen molar-refractivity contribution >= 4 is 39.1 Å². The SMILES string of the molecule is O=C(CCc1nc(-c2ccc(Br)cc2)no1)Nc1ccc(Cl)cc1. The first-order chi connectivity index (χ1) is 11.6. The molecule has 0 atom stereocenters. The molecule has 5 nitrogen and oxygen atoms in total. The van der Waals surface area contributed by atoms with Gasteiger partial charge >= 0.3 is 0 Å². The van der Waals surface area contributed by atoms with Crippen LogP contribution in [0, 0.1) is 0 Å². The Kier molecular flexibility index (Phi) is 5.27. The molecular weight excluding hydrogens is 394 g/mol. The highest BCUT2D eigenvalue weighted by molar-refractivity contribution is 9.10. The van der Waals surface area contributed by atoms with Gasteiger partial charge < -0.3 is 9.84 Å². The van der Waals surface area contributed by atoms with Gasteiger partial charge in [-0.2, -0.15) is 4.98 Å². The molecule has 0 aliphatic carbocycles. The number of amides is 1. The van der Waals surface area contributed by atoms with Crippen molar-refractivity contribution in [2.45, 2.75) is 12.8 Å². The van der Waals surface area contributed by atoms with E-state index in [2.05, 4.69) is 31.4 Å². The largest absolute Gasteiger partial charge is 0.339 e. The normalized spacial score (nSPS) is 10.6. The molecule has 0 aliphatic heterocycles. The van der Waals surface area contributed by atoms with E-state index >= 15 is 0 Å². The molecule has 1 aromatic heterocycles. The van der Waals surface area contributed by atoms with E-state index in [9.17, 15) is 4.79 Å². The highest BCUT2D eigenvalue weighted by Crippen LogP contribution is 2.19. The van der Waals surface area contributed by atoms with E-state index < -0.39 is 0 Å². The zero-order chi connectivity index (χ0) is 16.9. The average molecular weight is 407 g/mol. The van der Waals surface area contributed by atoms with Gasteiger partial charge in [-0.3, -0.25) is 4.79 Å². The van der Waals surface area contributed by atoms with Crippen molar-refractivity contribution in [3.63, 3.8) is 0 Å². The van der Waals surface area contributed by atoms with Gasteiger partial charge in [0.25, 0.3) is 0 Å². The van der Waals surface area contributed by atoms with Crippen molar-refractivity contribution in [2.75, 3.05) is 5.32 Å². The third kappa shape index (κ3) is 4.43. The molecule has 24 heavy (non-hydrogen) atoms. The molecule has 7 heteroatoms. The lowest BCUT2D eigenvalue weighted by atomic mass is 10.2. The summed E-state index contributed by atoms with van der Waals surface area (Å²) in [5.41, 5.74) is 1.56. The van der Waals surface area contributed by atoms with Gasteiger partial charge in [-0.25, -0.2) is 0 Å². The lowest BCUT2D eigenvalue weighted by Gasteiger charge is -2.03. The molecule has 0 bridgehead atoms. The van der Waals surface area contributed by atoms with Crippen molar-refractivity contribution in [3.05, 3.63) is 63.9 Å². The van der Waals surface area contributed by atoms with Gasteiger partial charge in [0.2, 0.25) is 17.6 Å². The highest BCUT2D eigenvalue weighted by Gasteiger charge is 2.11. The van der Waals surface area contributed by atoms with Crippen LogP contribution in [0.3, 0.4) is 0 Å². The standard InChI is InChI=1S/C17H13BrClN3O2/c18-12-3-1-11(2-4-12)17-21-16(24-22-17)10-9-15(23)20-14-7-5-13(19)6-8-14/h1-8H,9-10H2,(H,20,23). The summed E-state index contributed by atoms with van der Waals surface area (Å²) in [6.45, 7) is 0. The van der Waals surface area contributed by atoms with Gasteiger partial charge in [0.1, 0.15) is 0 Å². The Hall–Kier alpha value is -2.18.